The molecular formula is C10H13NO3. The molecule has 0 aromatic carbocycles. The van der Waals surface area contributed by atoms with Gasteiger partial charge in [0.1, 0.15) is 0 Å². The van der Waals surface area contributed by atoms with Crippen LogP contribution in [0.5, 0.6) is 0 Å². The van der Waals surface area contributed by atoms with E-state index in [-0.39, 0.29) is 12.5 Å². The molecule has 4 heteroatoms. The zero-order chi connectivity index (χ0) is 10.6. The predicted molar refractivity (Wildman–Crippen MR) is 51.4 cm³/mol. The molecule has 0 aliphatic rings. The van der Waals surface area contributed by atoms with Crippen LogP contribution in [0.2, 0.25) is 0 Å². The normalized spacial score (nSPS) is 12.4. The number of aliphatic carboxylic acids is 1. The molecule has 1 aromatic rings. The van der Waals surface area contributed by atoms with E-state index in [4.69, 9.17) is 5.11 Å². The maximum Gasteiger partial charge on any atom is 0.305 e. The fraction of sp³-hybridized carbons (Fsp3) is 0.400. The number of hydrogen-bond donors (Lipinski definition) is 1. The van der Waals surface area contributed by atoms with Crippen LogP contribution in [0, 0.1) is 0 Å². The molecule has 1 rings (SSSR count). The van der Waals surface area contributed by atoms with Gasteiger partial charge in [0.15, 0.2) is 6.29 Å². The lowest BCUT2D eigenvalue weighted by Crippen LogP contribution is -2.14. The molecule has 0 saturated heterocycles. The topological polar surface area (TPSA) is 59.3 Å². The predicted octanol–water partition coefficient (Wildman–Crippen LogP) is 1.73. The average molecular weight is 195 g/mol. The van der Waals surface area contributed by atoms with E-state index in [1.54, 1.807) is 22.9 Å². The lowest BCUT2D eigenvalue weighted by atomic mass is 10.1. The smallest absolute Gasteiger partial charge is 0.305 e. The van der Waals surface area contributed by atoms with Crippen LogP contribution in [0.3, 0.4) is 0 Å². The third kappa shape index (κ3) is 2.22. The van der Waals surface area contributed by atoms with Gasteiger partial charge in [0, 0.05) is 12.2 Å². The fourth-order valence-corrected chi connectivity index (χ4v) is 1.48. The summed E-state index contributed by atoms with van der Waals surface area (Å²) in [7, 11) is 0. The Kier molecular flexibility index (Phi) is 3.45. The molecule has 1 unspecified atom stereocenters. The highest BCUT2D eigenvalue weighted by Crippen LogP contribution is 2.18. The number of hydrogen-bond acceptors (Lipinski definition) is 2. The van der Waals surface area contributed by atoms with Crippen molar-refractivity contribution >= 4 is 12.3 Å². The molecule has 76 valence electrons. The monoisotopic (exact) mass is 195 g/mol. The second-order valence-corrected chi connectivity index (χ2v) is 3.12. The molecule has 1 aromatic heterocycles. The molecular weight excluding hydrogens is 182 g/mol. The third-order valence-corrected chi connectivity index (χ3v) is 2.21. The van der Waals surface area contributed by atoms with Gasteiger partial charge in [-0.3, -0.25) is 9.59 Å². The quantitative estimate of drug-likeness (QED) is 0.728. The van der Waals surface area contributed by atoms with E-state index >= 15 is 0 Å². The summed E-state index contributed by atoms with van der Waals surface area (Å²) < 4.78 is 1.71. The highest BCUT2D eigenvalue weighted by Gasteiger charge is 2.14. The molecule has 1 N–H and O–H groups in total. The van der Waals surface area contributed by atoms with E-state index in [2.05, 4.69) is 0 Å². The Morgan fingerprint density at radius 1 is 1.71 bits per heavy atom. The zero-order valence-corrected chi connectivity index (χ0v) is 8.01. The number of carbonyl (C=O) groups is 2. The van der Waals surface area contributed by atoms with Crippen molar-refractivity contribution < 1.29 is 14.7 Å². The van der Waals surface area contributed by atoms with Crippen LogP contribution in [-0.2, 0) is 4.79 Å². The van der Waals surface area contributed by atoms with Gasteiger partial charge >= 0.3 is 5.97 Å². The number of carbonyl (C=O) groups excluding carboxylic acids is 1. The molecule has 0 saturated carbocycles. The number of carboxylic acid groups (broad SMARTS) is 1. The van der Waals surface area contributed by atoms with Crippen molar-refractivity contribution in [2.75, 3.05) is 0 Å². The number of carboxylic acids is 1. The summed E-state index contributed by atoms with van der Waals surface area (Å²) in [4.78, 5) is 21.2. The van der Waals surface area contributed by atoms with Gasteiger partial charge in [-0.25, -0.2) is 0 Å². The average Bonchev–Trinajstić information content (AvgIpc) is 2.61. The third-order valence-electron chi connectivity index (χ3n) is 2.21. The van der Waals surface area contributed by atoms with Crippen LogP contribution in [-0.4, -0.2) is 21.9 Å². The minimum atomic E-state index is -0.845. The van der Waals surface area contributed by atoms with E-state index < -0.39 is 5.97 Å². The highest BCUT2D eigenvalue weighted by atomic mass is 16.4. The molecule has 0 aliphatic carbocycles. The summed E-state index contributed by atoms with van der Waals surface area (Å²) in [5.41, 5.74) is 0.526. The van der Waals surface area contributed by atoms with Gasteiger partial charge in [0.05, 0.1) is 12.1 Å². The number of nitrogens with zero attached hydrogens (tertiary/aromatic N) is 1. The van der Waals surface area contributed by atoms with Crippen molar-refractivity contribution in [3.63, 3.8) is 0 Å². The van der Waals surface area contributed by atoms with E-state index in [0.29, 0.717) is 12.1 Å². The molecule has 0 aliphatic heterocycles. The molecule has 0 amide bonds. The Morgan fingerprint density at radius 3 is 2.93 bits per heavy atom. The van der Waals surface area contributed by atoms with Crippen molar-refractivity contribution in [1.29, 1.82) is 0 Å². The lowest BCUT2D eigenvalue weighted by Gasteiger charge is -2.16. The minimum Gasteiger partial charge on any atom is -0.481 e. The molecule has 4 nitrogen and oxygen atoms in total. The number of rotatable bonds is 5. The van der Waals surface area contributed by atoms with Gasteiger partial charge in [0.2, 0.25) is 0 Å². The van der Waals surface area contributed by atoms with E-state index in [9.17, 15) is 9.59 Å². The van der Waals surface area contributed by atoms with E-state index in [1.807, 2.05) is 6.92 Å². The van der Waals surface area contributed by atoms with Gasteiger partial charge in [-0.05, 0) is 18.6 Å². The van der Waals surface area contributed by atoms with Gasteiger partial charge < -0.3 is 9.67 Å². The molecule has 0 fully saturated rings. The largest absolute Gasteiger partial charge is 0.481 e. The summed E-state index contributed by atoms with van der Waals surface area (Å²) >= 11 is 0. The molecule has 1 atom stereocenters. The first-order valence-electron chi connectivity index (χ1n) is 4.52. The first kappa shape index (κ1) is 10.5. The number of aldehydes is 1. The number of aromatic nitrogens is 1. The van der Waals surface area contributed by atoms with Crippen molar-refractivity contribution in [1.82, 2.24) is 4.57 Å². The van der Waals surface area contributed by atoms with Crippen molar-refractivity contribution in [2.45, 2.75) is 25.8 Å². The van der Waals surface area contributed by atoms with Crippen molar-refractivity contribution in [3.05, 3.63) is 24.0 Å². The molecule has 0 radical (unpaired) electrons. The van der Waals surface area contributed by atoms with Crippen LogP contribution in [0.25, 0.3) is 0 Å². The first-order chi connectivity index (χ1) is 6.69. The Morgan fingerprint density at radius 2 is 2.43 bits per heavy atom. The zero-order valence-electron chi connectivity index (χ0n) is 8.01. The molecule has 1 heterocycles. The Balaban J connectivity index is 2.88. The Bertz CT molecular complexity index is 330. The summed E-state index contributed by atoms with van der Waals surface area (Å²) in [6.45, 7) is 1.90. The standard InChI is InChI=1S/C10H13NO3/c1-2-8(6-10(13)14)11-5-3-4-9(11)7-12/h3-5,7-8H,2,6H2,1H3,(H,13,14). The fourth-order valence-electron chi connectivity index (χ4n) is 1.48. The van der Waals surface area contributed by atoms with Gasteiger partial charge in [0.25, 0.3) is 0 Å². The van der Waals surface area contributed by atoms with E-state index in [0.717, 1.165) is 6.29 Å². The SMILES string of the molecule is CCC(CC(=O)O)n1cccc1C=O. The maximum absolute atomic E-state index is 10.6. The van der Waals surface area contributed by atoms with Crippen LogP contribution in [0.15, 0.2) is 18.3 Å². The second kappa shape index (κ2) is 4.60. The summed E-state index contributed by atoms with van der Waals surface area (Å²) in [5, 5.41) is 8.68. The maximum atomic E-state index is 10.6. The minimum absolute atomic E-state index is 0.0476. The van der Waals surface area contributed by atoms with Gasteiger partial charge in [-0.2, -0.15) is 0 Å². The van der Waals surface area contributed by atoms with E-state index in [1.165, 1.54) is 0 Å². The molecule has 14 heavy (non-hydrogen) atoms. The van der Waals surface area contributed by atoms with Gasteiger partial charge in [-0.15, -0.1) is 0 Å². The molecule has 0 spiro atoms. The summed E-state index contributed by atoms with van der Waals surface area (Å²) in [5.74, 6) is -0.845. The highest BCUT2D eigenvalue weighted by molar-refractivity contribution is 5.73. The summed E-state index contributed by atoms with van der Waals surface area (Å²) in [6, 6.07) is 3.29. The Labute approximate surface area is 82.2 Å². The second-order valence-electron chi connectivity index (χ2n) is 3.12. The van der Waals surface area contributed by atoms with Crippen LogP contribution in [0.4, 0.5) is 0 Å². The van der Waals surface area contributed by atoms with Gasteiger partial charge in [-0.1, -0.05) is 6.92 Å². The van der Waals surface area contributed by atoms with Crippen LogP contribution in [0.1, 0.15) is 36.3 Å². The Hall–Kier alpha value is -1.58. The lowest BCUT2D eigenvalue weighted by molar-refractivity contribution is -0.137. The molecule has 0 bridgehead atoms. The van der Waals surface area contributed by atoms with Crippen molar-refractivity contribution in [3.8, 4) is 0 Å². The first-order valence-corrected chi connectivity index (χ1v) is 4.52. The summed E-state index contributed by atoms with van der Waals surface area (Å²) in [6.07, 6.45) is 3.22. The van der Waals surface area contributed by atoms with Crippen molar-refractivity contribution in [2.24, 2.45) is 0 Å². The van der Waals surface area contributed by atoms with Crippen LogP contribution >= 0.6 is 0 Å². The van der Waals surface area contributed by atoms with Crippen LogP contribution < -0.4 is 0 Å².